The summed E-state index contributed by atoms with van der Waals surface area (Å²) in [4.78, 5) is 41.0. The summed E-state index contributed by atoms with van der Waals surface area (Å²) >= 11 is 0. The van der Waals surface area contributed by atoms with Gasteiger partial charge in [0.05, 0.1) is 35.6 Å². The van der Waals surface area contributed by atoms with Gasteiger partial charge in [-0.25, -0.2) is 14.9 Å². The largest absolute Gasteiger partial charge is 0.392 e. The van der Waals surface area contributed by atoms with Crippen LogP contribution in [0.15, 0.2) is 91.3 Å². The number of carbonyl (C=O) groups excluding carboxylic acids is 2. The first kappa shape index (κ1) is 28.3. The first-order valence-corrected chi connectivity index (χ1v) is 14.9. The first-order valence-electron chi connectivity index (χ1n) is 14.9. The number of piperazine rings is 1. The molecule has 7 rings (SSSR count). The van der Waals surface area contributed by atoms with Crippen LogP contribution in [-0.4, -0.2) is 70.6 Å². The molecule has 1 N–H and O–H groups in total. The smallest absolute Gasteiger partial charge is 0.266 e. The number of aliphatic hydroxyl groups is 1. The summed E-state index contributed by atoms with van der Waals surface area (Å²) in [6.45, 7) is 4.07. The van der Waals surface area contributed by atoms with Crippen LogP contribution in [0.1, 0.15) is 56.2 Å². The van der Waals surface area contributed by atoms with Crippen molar-refractivity contribution in [2.24, 2.45) is 0 Å². The average molecular weight is 592 g/mol. The molecule has 0 radical (unpaired) electrons. The molecule has 224 valence electrons. The average Bonchev–Trinajstić information content (AvgIpc) is 3.34. The van der Waals surface area contributed by atoms with E-state index in [4.69, 9.17) is 9.47 Å². The van der Waals surface area contributed by atoms with Crippen molar-refractivity contribution in [2.75, 3.05) is 42.5 Å². The van der Waals surface area contributed by atoms with Crippen molar-refractivity contribution < 1.29 is 24.2 Å². The van der Waals surface area contributed by atoms with Crippen LogP contribution in [0.4, 0.5) is 11.6 Å². The molecule has 3 aliphatic rings. The van der Waals surface area contributed by atoms with Gasteiger partial charge in [-0.3, -0.25) is 14.5 Å². The molecule has 10 heteroatoms. The molecule has 0 saturated carbocycles. The van der Waals surface area contributed by atoms with E-state index in [2.05, 4.69) is 19.8 Å². The minimum Gasteiger partial charge on any atom is -0.392 e. The Morgan fingerprint density at radius 1 is 0.773 bits per heavy atom. The highest BCUT2D eigenvalue weighted by molar-refractivity contribution is 6.34. The fourth-order valence-electron chi connectivity index (χ4n) is 6.14. The number of nitrogens with zero attached hydrogens (tertiary/aromatic N) is 5. The molecule has 10 nitrogen and oxygen atoms in total. The second kappa shape index (κ2) is 12.3. The highest BCUT2D eigenvalue weighted by Crippen LogP contribution is 2.39. The van der Waals surface area contributed by atoms with Crippen molar-refractivity contribution in [3.8, 4) is 0 Å². The van der Waals surface area contributed by atoms with E-state index in [0.717, 1.165) is 55.4 Å². The van der Waals surface area contributed by atoms with E-state index < -0.39 is 6.29 Å². The summed E-state index contributed by atoms with van der Waals surface area (Å²) in [5.41, 5.74) is 3.85. The number of carbonyl (C=O) groups is 2. The molecule has 0 bridgehead atoms. The summed E-state index contributed by atoms with van der Waals surface area (Å²) in [5.74, 6) is 0.0693. The lowest BCUT2D eigenvalue weighted by Gasteiger charge is -2.40. The summed E-state index contributed by atoms with van der Waals surface area (Å²) in [6.07, 6.45) is 3.12. The van der Waals surface area contributed by atoms with E-state index in [1.165, 1.54) is 4.90 Å². The molecule has 3 unspecified atom stereocenters. The van der Waals surface area contributed by atoms with E-state index in [1.807, 2.05) is 42.5 Å². The molecular weight excluding hydrogens is 558 g/mol. The maximum absolute atomic E-state index is 13.2. The lowest BCUT2D eigenvalue weighted by Crippen LogP contribution is -2.50. The van der Waals surface area contributed by atoms with Crippen LogP contribution in [0.5, 0.6) is 0 Å². The molecular formula is C34H33N5O5. The van der Waals surface area contributed by atoms with E-state index >= 15 is 0 Å². The third kappa shape index (κ3) is 5.60. The zero-order valence-electron chi connectivity index (χ0n) is 24.2. The lowest BCUT2D eigenvalue weighted by molar-refractivity contribution is -0.253. The van der Waals surface area contributed by atoms with Crippen molar-refractivity contribution in [1.29, 1.82) is 0 Å². The molecule has 3 aromatic carbocycles. The number of ether oxygens (including phenoxy) is 2. The molecule has 3 atom stereocenters. The number of rotatable bonds is 7. The van der Waals surface area contributed by atoms with E-state index in [0.29, 0.717) is 23.2 Å². The molecule has 1 aromatic heterocycles. The van der Waals surface area contributed by atoms with E-state index in [1.54, 1.807) is 48.8 Å². The van der Waals surface area contributed by atoms with Gasteiger partial charge in [0, 0.05) is 57.1 Å². The number of aromatic nitrogens is 2. The van der Waals surface area contributed by atoms with E-state index in [9.17, 15) is 14.7 Å². The van der Waals surface area contributed by atoms with Gasteiger partial charge < -0.3 is 19.5 Å². The quantitative estimate of drug-likeness (QED) is 0.317. The van der Waals surface area contributed by atoms with Gasteiger partial charge >= 0.3 is 0 Å². The maximum Gasteiger partial charge on any atom is 0.266 e. The van der Waals surface area contributed by atoms with Gasteiger partial charge in [0.1, 0.15) is 0 Å². The number of imide groups is 1. The Morgan fingerprint density at radius 3 is 2.16 bits per heavy atom. The predicted molar refractivity (Wildman–Crippen MR) is 163 cm³/mol. The number of hydrogen-bond acceptors (Lipinski definition) is 9. The number of hydrogen-bond donors (Lipinski definition) is 1. The van der Waals surface area contributed by atoms with Crippen LogP contribution in [0.25, 0.3) is 0 Å². The van der Waals surface area contributed by atoms with Gasteiger partial charge in [-0.15, -0.1) is 0 Å². The van der Waals surface area contributed by atoms with Gasteiger partial charge in [-0.1, -0.05) is 48.5 Å². The Hall–Kier alpha value is -4.48. The molecule has 4 heterocycles. The van der Waals surface area contributed by atoms with Crippen LogP contribution in [0.3, 0.4) is 0 Å². The van der Waals surface area contributed by atoms with Gasteiger partial charge in [0.2, 0.25) is 5.95 Å². The number of fused-ring (bicyclic) bond motifs is 1. The zero-order valence-corrected chi connectivity index (χ0v) is 24.2. The normalized spacial score (nSPS) is 22.3. The van der Waals surface area contributed by atoms with Gasteiger partial charge in [-0.05, 0) is 41.5 Å². The van der Waals surface area contributed by atoms with Crippen LogP contribution in [0, 0.1) is 0 Å². The number of aliphatic hydroxyl groups excluding tert-OH is 1. The van der Waals surface area contributed by atoms with Gasteiger partial charge in [-0.2, -0.15) is 0 Å². The molecule has 2 fully saturated rings. The van der Waals surface area contributed by atoms with Gasteiger partial charge in [0.25, 0.3) is 11.8 Å². The zero-order chi connectivity index (χ0) is 30.0. The summed E-state index contributed by atoms with van der Waals surface area (Å²) in [6, 6.07) is 23.8. The van der Waals surface area contributed by atoms with Crippen LogP contribution >= 0.6 is 0 Å². The van der Waals surface area contributed by atoms with Crippen molar-refractivity contribution in [1.82, 2.24) is 14.9 Å². The Balaban J connectivity index is 1.11. The van der Waals surface area contributed by atoms with Crippen LogP contribution in [-0.2, 0) is 16.1 Å². The lowest BCUT2D eigenvalue weighted by atomic mass is 9.99. The Kier molecular flexibility index (Phi) is 7.88. The third-order valence-corrected chi connectivity index (χ3v) is 8.48. The summed E-state index contributed by atoms with van der Waals surface area (Å²) in [5, 5.41) is 9.54. The monoisotopic (exact) mass is 591 g/mol. The molecule has 3 aliphatic heterocycles. The standard InChI is InChI=1S/C34H33N5O5/c40-22-23-9-11-24(12-10-23)30-20-27(21-37-15-17-38(18-16-37)34-35-13-4-14-36-34)43-33(44-30)25-5-3-6-26(19-25)39-31(41)28-7-1-2-8-29(28)32(39)42/h1-14,19,27,30,33,40H,15-18,20-22H2. The van der Waals surface area contributed by atoms with Crippen molar-refractivity contribution in [3.05, 3.63) is 119 Å². The minimum atomic E-state index is -0.703. The highest BCUT2D eigenvalue weighted by Gasteiger charge is 2.38. The second-order valence-electron chi connectivity index (χ2n) is 11.3. The molecule has 2 amide bonds. The molecule has 0 aliphatic carbocycles. The molecule has 44 heavy (non-hydrogen) atoms. The number of benzene rings is 3. The predicted octanol–water partition coefficient (Wildman–Crippen LogP) is 4.14. The summed E-state index contributed by atoms with van der Waals surface area (Å²) in [7, 11) is 0. The Morgan fingerprint density at radius 2 is 1.48 bits per heavy atom. The van der Waals surface area contributed by atoms with Crippen molar-refractivity contribution >= 4 is 23.5 Å². The Bertz CT molecular complexity index is 1610. The maximum atomic E-state index is 13.2. The minimum absolute atomic E-state index is 0.0231. The number of amides is 2. The molecule has 4 aromatic rings. The van der Waals surface area contributed by atoms with Crippen LogP contribution in [0.2, 0.25) is 0 Å². The Labute approximate surface area is 255 Å². The van der Waals surface area contributed by atoms with Crippen molar-refractivity contribution in [3.63, 3.8) is 0 Å². The fourth-order valence-corrected chi connectivity index (χ4v) is 6.14. The SMILES string of the molecule is O=C1c2ccccc2C(=O)N1c1cccc(C2OC(CN3CCN(c4ncccn4)CC3)CC(c3ccc(CO)cc3)O2)c1. The number of anilines is 2. The van der Waals surface area contributed by atoms with E-state index in [-0.39, 0.29) is 30.6 Å². The second-order valence-corrected chi connectivity index (χ2v) is 11.3. The van der Waals surface area contributed by atoms with Crippen LogP contribution < -0.4 is 9.80 Å². The molecule has 0 spiro atoms. The van der Waals surface area contributed by atoms with Gasteiger partial charge in [0.15, 0.2) is 6.29 Å². The third-order valence-electron chi connectivity index (χ3n) is 8.48. The summed E-state index contributed by atoms with van der Waals surface area (Å²) < 4.78 is 13.1. The highest BCUT2D eigenvalue weighted by atomic mass is 16.7. The topological polar surface area (TPSA) is 108 Å². The first-order chi connectivity index (χ1) is 21.6. The van der Waals surface area contributed by atoms with Crippen molar-refractivity contribution in [2.45, 2.75) is 31.5 Å². The molecule has 2 saturated heterocycles. The fraction of sp³-hybridized carbons (Fsp3) is 0.294.